The number of ketones is 4. The van der Waals surface area contributed by atoms with E-state index in [4.69, 9.17) is 23.2 Å². The number of nitrogens with one attached hydrogen (secondary N) is 2. The fourth-order valence-electron chi connectivity index (χ4n) is 5.91. The van der Waals surface area contributed by atoms with Crippen molar-refractivity contribution in [2.24, 2.45) is 0 Å². The van der Waals surface area contributed by atoms with E-state index in [0.29, 0.717) is 32.3 Å². The van der Waals surface area contributed by atoms with Gasteiger partial charge in [0.05, 0.1) is 23.9 Å². The zero-order chi connectivity index (χ0) is 38.0. The minimum absolute atomic E-state index is 0.180. The van der Waals surface area contributed by atoms with Gasteiger partial charge >= 0.3 is 0 Å². The number of hydrogen-bond acceptors (Lipinski definition) is 9. The summed E-state index contributed by atoms with van der Waals surface area (Å²) in [5.74, 6) is -3.88. The third kappa shape index (κ3) is 7.66. The molecule has 0 heterocycles. The summed E-state index contributed by atoms with van der Waals surface area (Å²) >= 11 is 13.6. The molecule has 3 aromatic rings. The highest BCUT2D eigenvalue weighted by molar-refractivity contribution is 7.98. The number of amides is 2. The molecule has 0 aliphatic heterocycles. The van der Waals surface area contributed by atoms with Crippen LogP contribution in [0.4, 0.5) is 0 Å². The third-order valence-electron chi connectivity index (χ3n) is 8.75. The molecule has 10 nitrogen and oxygen atoms in total. The second-order valence-corrected chi connectivity index (χ2v) is 14.5. The summed E-state index contributed by atoms with van der Waals surface area (Å²) in [5.41, 5.74) is -0.302. The van der Waals surface area contributed by atoms with Gasteiger partial charge < -0.3 is 20.8 Å². The molecule has 13 heteroatoms. The number of fused-ring (bicyclic) bond motifs is 2. The van der Waals surface area contributed by atoms with Crippen molar-refractivity contribution in [2.45, 2.75) is 50.3 Å². The highest BCUT2D eigenvalue weighted by Gasteiger charge is 2.48. The van der Waals surface area contributed by atoms with Gasteiger partial charge in [-0.2, -0.15) is 0 Å². The first kappa shape index (κ1) is 39.1. The van der Waals surface area contributed by atoms with Gasteiger partial charge in [-0.3, -0.25) is 28.8 Å². The lowest BCUT2D eigenvalue weighted by molar-refractivity contribution is -0.127. The summed E-state index contributed by atoms with van der Waals surface area (Å²) < 4.78 is 0. The molecule has 0 saturated carbocycles. The minimum Gasteiger partial charge on any atom is -0.506 e. The molecule has 266 valence electrons. The SMILES string of the molecule is CC(=O)CNC(=O)C1=C(O)c2cc(Cl)ccc2C(C)(c2ccc(Cl)cc2)C1=O.CSc1ccc2c(c1)C(O)=C(C(=O)NCC(C)=O)C(=O)C2(C)C. The van der Waals surface area contributed by atoms with E-state index >= 15 is 0 Å². The highest BCUT2D eigenvalue weighted by Crippen LogP contribution is 2.45. The molecule has 4 N–H and O–H groups in total. The first-order valence-corrected chi connectivity index (χ1v) is 17.6. The largest absolute Gasteiger partial charge is 0.506 e. The second kappa shape index (κ2) is 15.3. The first-order chi connectivity index (χ1) is 23.9. The van der Waals surface area contributed by atoms with Crippen LogP contribution in [0.3, 0.4) is 0 Å². The molecule has 0 spiro atoms. The Morgan fingerprint density at radius 3 is 1.67 bits per heavy atom. The van der Waals surface area contributed by atoms with Crippen LogP contribution in [0.5, 0.6) is 0 Å². The molecule has 0 aromatic heterocycles. The van der Waals surface area contributed by atoms with Crippen molar-refractivity contribution in [3.63, 3.8) is 0 Å². The van der Waals surface area contributed by atoms with Crippen molar-refractivity contribution >= 4 is 81.4 Å². The van der Waals surface area contributed by atoms with E-state index < -0.39 is 45.5 Å². The standard InChI is InChI=1S/C21H17Cl2NO4.C17H19NO4S/c1-11(25)10-24-20(28)17-18(26)15-9-14(23)7-8-16(15)21(2,19(17)27)12-3-5-13(22)6-4-12;1-9(19)8-18-16(22)13-14(20)11-7-10(23-4)5-6-12(11)17(2,3)15(13)21/h3-9,26H,10H2,1-2H3,(H,24,28);5-7,20H,8H2,1-4H3,(H,18,22). The van der Waals surface area contributed by atoms with Gasteiger partial charge in [0.2, 0.25) is 0 Å². The number of rotatable bonds is 8. The van der Waals surface area contributed by atoms with Gasteiger partial charge in [0.25, 0.3) is 11.8 Å². The minimum atomic E-state index is -1.25. The molecule has 2 aliphatic rings. The average molecular weight is 752 g/mol. The lowest BCUT2D eigenvalue weighted by Gasteiger charge is -2.35. The summed E-state index contributed by atoms with van der Waals surface area (Å²) in [4.78, 5) is 74.2. The lowest BCUT2D eigenvalue weighted by Crippen LogP contribution is -2.44. The summed E-state index contributed by atoms with van der Waals surface area (Å²) in [5, 5.41) is 26.8. The highest BCUT2D eigenvalue weighted by atomic mass is 35.5. The molecular weight excluding hydrogens is 715 g/mol. The van der Waals surface area contributed by atoms with Crippen molar-refractivity contribution in [1.29, 1.82) is 0 Å². The van der Waals surface area contributed by atoms with E-state index in [1.165, 1.54) is 31.7 Å². The smallest absolute Gasteiger partial charge is 0.259 e. The average Bonchev–Trinajstić information content (AvgIpc) is 3.08. The van der Waals surface area contributed by atoms with Gasteiger partial charge in [0.1, 0.15) is 34.2 Å². The maximum Gasteiger partial charge on any atom is 0.259 e. The van der Waals surface area contributed by atoms with Crippen LogP contribution in [0.25, 0.3) is 11.5 Å². The summed E-state index contributed by atoms with van der Waals surface area (Å²) in [6.07, 6.45) is 1.90. The molecular formula is C38H36Cl2N2O8S. The number of aliphatic hydroxyl groups is 2. The summed E-state index contributed by atoms with van der Waals surface area (Å²) in [6.45, 7) is 7.33. The third-order valence-corrected chi connectivity index (χ3v) is 9.96. The van der Waals surface area contributed by atoms with Gasteiger partial charge in [-0.05, 0) is 94.0 Å². The van der Waals surface area contributed by atoms with Gasteiger partial charge in [0, 0.05) is 26.1 Å². The Morgan fingerprint density at radius 2 is 1.16 bits per heavy atom. The Kier molecular flexibility index (Phi) is 11.7. The molecule has 2 amide bonds. The van der Waals surface area contributed by atoms with E-state index in [2.05, 4.69) is 10.6 Å². The molecule has 1 atom stereocenters. The van der Waals surface area contributed by atoms with Gasteiger partial charge in [-0.1, -0.05) is 47.5 Å². The van der Waals surface area contributed by atoms with Crippen molar-refractivity contribution in [3.8, 4) is 0 Å². The quantitative estimate of drug-likeness (QED) is 0.157. The number of benzene rings is 3. The normalized spacial score (nSPS) is 17.5. The Balaban J connectivity index is 0.000000233. The van der Waals surface area contributed by atoms with Crippen LogP contribution >= 0.6 is 35.0 Å². The number of thioether (sulfide) groups is 1. The van der Waals surface area contributed by atoms with Crippen LogP contribution in [0.1, 0.15) is 62.4 Å². The number of halogens is 2. The maximum atomic E-state index is 13.4. The van der Waals surface area contributed by atoms with E-state index in [0.717, 1.165) is 4.90 Å². The van der Waals surface area contributed by atoms with Crippen molar-refractivity contribution in [1.82, 2.24) is 10.6 Å². The molecule has 0 fully saturated rings. The van der Waals surface area contributed by atoms with Crippen LogP contribution in [0.2, 0.25) is 10.0 Å². The first-order valence-electron chi connectivity index (χ1n) is 15.6. The van der Waals surface area contributed by atoms with Crippen LogP contribution in [-0.2, 0) is 39.6 Å². The van der Waals surface area contributed by atoms with Crippen molar-refractivity contribution in [2.75, 3.05) is 19.3 Å². The van der Waals surface area contributed by atoms with Crippen LogP contribution < -0.4 is 10.6 Å². The predicted octanol–water partition coefficient (Wildman–Crippen LogP) is 6.10. The van der Waals surface area contributed by atoms with Crippen molar-refractivity contribution < 1.29 is 39.0 Å². The van der Waals surface area contributed by atoms with E-state index in [1.54, 1.807) is 69.3 Å². The molecule has 2 aliphatic carbocycles. The van der Waals surface area contributed by atoms with Gasteiger partial charge in [-0.25, -0.2) is 0 Å². The molecule has 3 aromatic carbocycles. The maximum absolute atomic E-state index is 13.4. The second-order valence-electron chi connectivity index (χ2n) is 12.7. The number of Topliss-reactive ketones (excluding diaryl/α,β-unsaturated/α-hetero) is 4. The summed E-state index contributed by atoms with van der Waals surface area (Å²) in [6, 6.07) is 16.9. The fraction of sp³-hybridized carbons (Fsp3) is 0.263. The Hall–Kier alpha value is -4.71. The molecule has 0 bridgehead atoms. The number of carbonyl (C=O) groups is 6. The molecule has 0 radical (unpaired) electrons. The lowest BCUT2D eigenvalue weighted by atomic mass is 9.66. The Labute approximate surface area is 309 Å². The number of hydrogen-bond donors (Lipinski definition) is 4. The number of carbonyl (C=O) groups excluding carboxylic acids is 6. The molecule has 1 unspecified atom stereocenters. The van der Waals surface area contributed by atoms with Crippen LogP contribution in [0.15, 0.2) is 76.7 Å². The Bertz CT molecular complexity index is 2050. The molecule has 0 saturated heterocycles. The zero-order valence-electron chi connectivity index (χ0n) is 28.7. The van der Waals surface area contributed by atoms with Crippen molar-refractivity contribution in [3.05, 3.63) is 110 Å². The van der Waals surface area contributed by atoms with Gasteiger partial charge in [-0.15, -0.1) is 11.8 Å². The fourth-order valence-corrected chi connectivity index (χ4v) is 6.65. The van der Waals surface area contributed by atoms with Crippen LogP contribution in [0, 0.1) is 0 Å². The number of aliphatic hydroxyl groups excluding tert-OH is 2. The summed E-state index contributed by atoms with van der Waals surface area (Å²) in [7, 11) is 0. The Morgan fingerprint density at radius 1 is 0.686 bits per heavy atom. The monoisotopic (exact) mass is 750 g/mol. The van der Waals surface area contributed by atoms with E-state index in [9.17, 15) is 39.0 Å². The van der Waals surface area contributed by atoms with E-state index in [1.807, 2.05) is 12.3 Å². The van der Waals surface area contributed by atoms with Gasteiger partial charge in [0.15, 0.2) is 11.6 Å². The molecule has 5 rings (SSSR count). The predicted molar refractivity (Wildman–Crippen MR) is 197 cm³/mol. The topological polar surface area (TPSA) is 167 Å². The van der Waals surface area contributed by atoms with E-state index in [-0.39, 0.29) is 41.6 Å². The van der Waals surface area contributed by atoms with Crippen LogP contribution in [-0.4, -0.2) is 64.5 Å². The molecule has 51 heavy (non-hydrogen) atoms. The zero-order valence-corrected chi connectivity index (χ0v) is 31.0.